The minimum Gasteiger partial charge on any atom is -0.353 e. The molecule has 3 aromatic rings. The Balaban J connectivity index is 2.25. The first-order valence-electron chi connectivity index (χ1n) is 6.65. The predicted octanol–water partition coefficient (Wildman–Crippen LogP) is 4.60. The quantitative estimate of drug-likeness (QED) is 0.406. The van der Waals surface area contributed by atoms with E-state index < -0.39 is 10.9 Å². The van der Waals surface area contributed by atoms with Crippen LogP contribution in [-0.4, -0.2) is 14.9 Å². The van der Waals surface area contributed by atoms with Crippen LogP contribution in [0.15, 0.2) is 30.6 Å². The zero-order valence-electron chi connectivity index (χ0n) is 12.1. The Morgan fingerprint density at radius 3 is 2.60 bits per heavy atom. The molecule has 1 N–H and O–H groups in total. The minimum absolute atomic E-state index is 0.0620. The van der Waals surface area contributed by atoms with Crippen molar-refractivity contribution in [2.24, 2.45) is 0 Å². The number of nitriles is 1. The zero-order valence-corrected chi connectivity index (χ0v) is 13.6. The maximum Gasteiger partial charge on any atom is 0.271 e. The number of non-ortho nitro benzene ring substituents is 1. The fraction of sp³-hybridized carbons (Fsp3) is 0. The summed E-state index contributed by atoms with van der Waals surface area (Å²) in [6, 6.07) is 5.63. The lowest BCUT2D eigenvalue weighted by Gasteiger charge is -2.12. The van der Waals surface area contributed by atoms with Crippen LogP contribution in [0, 0.1) is 27.4 Å². The number of pyridine rings is 2. The standard InChI is InChI=1S/C15H6Cl2FN5O2/c16-11-3-9(23(24)25)2-10-13(7(4-19)5-20-14(10)11)22-8-1-12(17)15(18)21-6-8/h1-3,5-6H,(H,20,22). The molecule has 2 aromatic heterocycles. The van der Waals surface area contributed by atoms with E-state index in [2.05, 4.69) is 15.3 Å². The van der Waals surface area contributed by atoms with Crippen LogP contribution in [0.3, 0.4) is 0 Å². The Labute approximate surface area is 149 Å². The maximum atomic E-state index is 13.2. The lowest BCUT2D eigenvalue weighted by Crippen LogP contribution is -1.99. The van der Waals surface area contributed by atoms with Gasteiger partial charge in [0.2, 0.25) is 5.95 Å². The Morgan fingerprint density at radius 1 is 1.20 bits per heavy atom. The van der Waals surface area contributed by atoms with Gasteiger partial charge in [-0.3, -0.25) is 15.1 Å². The van der Waals surface area contributed by atoms with Gasteiger partial charge in [-0.05, 0) is 6.07 Å². The summed E-state index contributed by atoms with van der Waals surface area (Å²) in [5.41, 5.74) is 0.646. The van der Waals surface area contributed by atoms with Crippen molar-refractivity contribution >= 4 is 51.2 Å². The van der Waals surface area contributed by atoms with Crippen molar-refractivity contribution in [3.63, 3.8) is 0 Å². The van der Waals surface area contributed by atoms with E-state index in [1.165, 1.54) is 30.6 Å². The first-order chi connectivity index (χ1) is 11.9. The molecule has 0 fully saturated rings. The van der Waals surface area contributed by atoms with Crippen LogP contribution in [-0.2, 0) is 0 Å². The van der Waals surface area contributed by atoms with Crippen LogP contribution in [0.2, 0.25) is 10.0 Å². The molecule has 0 unspecified atom stereocenters. The third kappa shape index (κ3) is 3.15. The first kappa shape index (κ1) is 16.8. The summed E-state index contributed by atoms with van der Waals surface area (Å²) in [5, 5.41) is 23.4. The van der Waals surface area contributed by atoms with E-state index in [0.29, 0.717) is 0 Å². The number of nitrogens with one attached hydrogen (secondary N) is 1. The number of benzene rings is 1. The molecule has 0 saturated heterocycles. The molecule has 0 radical (unpaired) electrons. The maximum absolute atomic E-state index is 13.2. The van der Waals surface area contributed by atoms with Crippen molar-refractivity contribution in [1.29, 1.82) is 5.26 Å². The smallest absolute Gasteiger partial charge is 0.271 e. The van der Waals surface area contributed by atoms with Gasteiger partial charge in [-0.25, -0.2) is 4.98 Å². The van der Waals surface area contributed by atoms with E-state index in [1.807, 2.05) is 6.07 Å². The normalized spacial score (nSPS) is 10.5. The molecule has 0 spiro atoms. The predicted molar refractivity (Wildman–Crippen MR) is 90.6 cm³/mol. The summed E-state index contributed by atoms with van der Waals surface area (Å²) < 4.78 is 13.2. The molecule has 1 aromatic carbocycles. The van der Waals surface area contributed by atoms with Crippen molar-refractivity contribution in [3.8, 4) is 6.07 Å². The number of rotatable bonds is 3. The average Bonchev–Trinajstić information content (AvgIpc) is 2.58. The highest BCUT2D eigenvalue weighted by Crippen LogP contribution is 2.35. The van der Waals surface area contributed by atoms with Gasteiger partial charge < -0.3 is 5.32 Å². The van der Waals surface area contributed by atoms with Gasteiger partial charge in [-0.2, -0.15) is 9.65 Å². The van der Waals surface area contributed by atoms with Crippen LogP contribution < -0.4 is 5.32 Å². The number of halogens is 3. The fourth-order valence-corrected chi connectivity index (χ4v) is 2.63. The molecule has 2 heterocycles. The van der Waals surface area contributed by atoms with Crippen molar-refractivity contribution in [1.82, 2.24) is 9.97 Å². The fourth-order valence-electron chi connectivity index (χ4n) is 2.20. The monoisotopic (exact) mass is 377 g/mol. The summed E-state index contributed by atoms with van der Waals surface area (Å²) in [4.78, 5) is 18.0. The second kappa shape index (κ2) is 6.47. The van der Waals surface area contributed by atoms with Crippen LogP contribution in [0.1, 0.15) is 5.56 Å². The van der Waals surface area contributed by atoms with Crippen LogP contribution in [0.5, 0.6) is 0 Å². The summed E-state index contributed by atoms with van der Waals surface area (Å²) in [6.07, 6.45) is 2.45. The van der Waals surface area contributed by atoms with Crippen molar-refractivity contribution in [2.45, 2.75) is 0 Å². The molecule has 0 aliphatic heterocycles. The molecule has 0 saturated carbocycles. The molecular formula is C15H6Cl2FN5O2. The van der Waals surface area contributed by atoms with Crippen molar-refractivity contribution in [3.05, 3.63) is 62.3 Å². The topological polar surface area (TPSA) is 105 Å². The summed E-state index contributed by atoms with van der Waals surface area (Å²) in [7, 11) is 0. The van der Waals surface area contributed by atoms with Gasteiger partial charge in [0, 0.05) is 23.7 Å². The molecule has 25 heavy (non-hydrogen) atoms. The number of nitro benzene ring substituents is 1. The number of aromatic nitrogens is 2. The van der Waals surface area contributed by atoms with Gasteiger partial charge in [0.1, 0.15) is 6.07 Å². The number of nitro groups is 1. The van der Waals surface area contributed by atoms with Crippen LogP contribution >= 0.6 is 23.2 Å². The zero-order chi connectivity index (χ0) is 18.1. The Bertz CT molecular complexity index is 1070. The Kier molecular flexibility index (Phi) is 4.35. The van der Waals surface area contributed by atoms with Crippen molar-refractivity contribution in [2.75, 3.05) is 5.32 Å². The van der Waals surface area contributed by atoms with Gasteiger partial charge in [-0.1, -0.05) is 23.2 Å². The highest BCUT2D eigenvalue weighted by molar-refractivity contribution is 6.35. The number of fused-ring (bicyclic) bond motifs is 1. The average molecular weight is 378 g/mol. The van der Waals surface area contributed by atoms with E-state index in [4.69, 9.17) is 23.2 Å². The molecular weight excluding hydrogens is 372 g/mol. The van der Waals surface area contributed by atoms with E-state index in [0.717, 1.165) is 0 Å². The second-order valence-corrected chi connectivity index (χ2v) is 5.68. The van der Waals surface area contributed by atoms with Gasteiger partial charge in [-0.15, -0.1) is 0 Å². The second-order valence-electron chi connectivity index (χ2n) is 4.86. The largest absolute Gasteiger partial charge is 0.353 e. The highest BCUT2D eigenvalue weighted by atomic mass is 35.5. The van der Waals surface area contributed by atoms with Gasteiger partial charge >= 0.3 is 0 Å². The molecule has 124 valence electrons. The molecule has 7 nitrogen and oxygen atoms in total. The van der Waals surface area contributed by atoms with Gasteiger partial charge in [0.05, 0.1) is 43.6 Å². The molecule has 0 aliphatic carbocycles. The number of hydrogen-bond donors (Lipinski definition) is 1. The first-order valence-corrected chi connectivity index (χ1v) is 7.41. The molecule has 0 aliphatic rings. The van der Waals surface area contributed by atoms with Gasteiger partial charge in [0.25, 0.3) is 5.69 Å². The Hall–Kier alpha value is -3.02. The molecule has 10 heteroatoms. The summed E-state index contributed by atoms with van der Waals surface area (Å²) >= 11 is 11.8. The van der Waals surface area contributed by atoms with Crippen LogP contribution in [0.25, 0.3) is 10.9 Å². The van der Waals surface area contributed by atoms with Crippen molar-refractivity contribution < 1.29 is 9.31 Å². The molecule has 0 bridgehead atoms. The minimum atomic E-state index is -0.842. The molecule has 3 rings (SSSR count). The molecule has 0 atom stereocenters. The van der Waals surface area contributed by atoms with E-state index in [1.54, 1.807) is 0 Å². The SMILES string of the molecule is N#Cc1cnc2c(Cl)cc([N+](=O)[O-])cc2c1Nc1cnc(F)c(Cl)c1. The van der Waals surface area contributed by atoms with E-state index in [-0.39, 0.29) is 43.6 Å². The van der Waals surface area contributed by atoms with Gasteiger partial charge in [0.15, 0.2) is 0 Å². The highest BCUT2D eigenvalue weighted by Gasteiger charge is 2.17. The Morgan fingerprint density at radius 2 is 1.96 bits per heavy atom. The van der Waals surface area contributed by atoms with Crippen LogP contribution in [0.4, 0.5) is 21.5 Å². The lowest BCUT2D eigenvalue weighted by atomic mass is 10.1. The third-order valence-corrected chi connectivity index (χ3v) is 3.86. The number of hydrogen-bond acceptors (Lipinski definition) is 6. The van der Waals surface area contributed by atoms with E-state index in [9.17, 15) is 19.8 Å². The number of anilines is 2. The lowest BCUT2D eigenvalue weighted by molar-refractivity contribution is -0.384. The molecule has 0 amide bonds. The van der Waals surface area contributed by atoms with E-state index >= 15 is 0 Å². The number of nitrogens with zero attached hydrogens (tertiary/aromatic N) is 4. The third-order valence-electron chi connectivity index (χ3n) is 3.31. The summed E-state index contributed by atoms with van der Waals surface area (Å²) in [6.45, 7) is 0. The summed E-state index contributed by atoms with van der Waals surface area (Å²) in [5.74, 6) is -0.842.